The zero-order valence-corrected chi connectivity index (χ0v) is 10.5. The number of rotatable bonds is 2. The van der Waals surface area contributed by atoms with Crippen LogP contribution in [0.3, 0.4) is 0 Å². The van der Waals surface area contributed by atoms with Gasteiger partial charge >= 0.3 is 6.18 Å². The number of alkyl halides is 3. The van der Waals surface area contributed by atoms with Gasteiger partial charge in [-0.1, -0.05) is 0 Å². The van der Waals surface area contributed by atoms with Crippen molar-refractivity contribution in [3.05, 3.63) is 35.4 Å². The Kier molecular flexibility index (Phi) is 3.80. The first kappa shape index (κ1) is 13.9. The zero-order chi connectivity index (χ0) is 14.0. The molecule has 1 aromatic rings. The number of halogens is 3. The van der Waals surface area contributed by atoms with Crippen LogP contribution in [0.2, 0.25) is 0 Å². The standard InChI is InChI=1S/C13H15F3N2O/c1-17-11-6-7-18(8-11)12(19)9-2-4-10(5-3-9)13(14,15)16/h2-5,11,17H,6-8H2,1H3/t11-/m0/s1. The minimum Gasteiger partial charge on any atom is -0.337 e. The van der Waals surface area contributed by atoms with E-state index < -0.39 is 11.7 Å². The number of carbonyl (C=O) groups excluding carboxylic acids is 1. The summed E-state index contributed by atoms with van der Waals surface area (Å²) in [6.07, 6.45) is -3.50. The number of nitrogens with zero attached hydrogens (tertiary/aromatic N) is 1. The van der Waals surface area contributed by atoms with E-state index in [-0.39, 0.29) is 11.9 Å². The molecule has 6 heteroatoms. The van der Waals surface area contributed by atoms with Gasteiger partial charge in [0.25, 0.3) is 5.91 Å². The predicted molar refractivity (Wildman–Crippen MR) is 64.8 cm³/mol. The van der Waals surface area contributed by atoms with Crippen molar-refractivity contribution in [3.8, 4) is 0 Å². The summed E-state index contributed by atoms with van der Waals surface area (Å²) < 4.78 is 37.2. The fourth-order valence-corrected chi connectivity index (χ4v) is 2.16. The molecule has 3 nitrogen and oxygen atoms in total. The van der Waals surface area contributed by atoms with Crippen LogP contribution in [0.5, 0.6) is 0 Å². The second kappa shape index (κ2) is 5.21. The van der Waals surface area contributed by atoms with Crippen LogP contribution in [-0.4, -0.2) is 37.0 Å². The first-order valence-corrected chi connectivity index (χ1v) is 6.05. The second-order valence-electron chi connectivity index (χ2n) is 4.60. The van der Waals surface area contributed by atoms with Gasteiger partial charge in [0.05, 0.1) is 5.56 Å². The van der Waals surface area contributed by atoms with Crippen molar-refractivity contribution in [2.75, 3.05) is 20.1 Å². The highest BCUT2D eigenvalue weighted by molar-refractivity contribution is 5.94. The van der Waals surface area contributed by atoms with Crippen molar-refractivity contribution in [1.82, 2.24) is 10.2 Å². The molecule has 0 unspecified atom stereocenters. The molecular weight excluding hydrogens is 257 g/mol. The number of hydrogen-bond acceptors (Lipinski definition) is 2. The summed E-state index contributed by atoms with van der Waals surface area (Å²) in [6, 6.07) is 4.62. The van der Waals surface area contributed by atoms with Gasteiger partial charge in [-0.2, -0.15) is 13.2 Å². The van der Waals surface area contributed by atoms with Crippen molar-refractivity contribution < 1.29 is 18.0 Å². The van der Waals surface area contributed by atoms with E-state index >= 15 is 0 Å². The Balaban J connectivity index is 2.08. The Bertz CT molecular complexity index is 456. The average molecular weight is 272 g/mol. The predicted octanol–water partition coefficient (Wildman–Crippen LogP) is 2.14. The Hall–Kier alpha value is -1.56. The van der Waals surface area contributed by atoms with E-state index in [1.54, 1.807) is 4.90 Å². The number of nitrogens with one attached hydrogen (secondary N) is 1. The van der Waals surface area contributed by atoms with E-state index in [1.807, 2.05) is 7.05 Å². The molecule has 1 aliphatic rings. The molecule has 19 heavy (non-hydrogen) atoms. The van der Waals surface area contributed by atoms with Crippen LogP contribution in [-0.2, 0) is 6.18 Å². The highest BCUT2D eigenvalue weighted by atomic mass is 19.4. The SMILES string of the molecule is CN[C@H]1CCN(C(=O)c2ccc(C(F)(F)F)cc2)C1. The van der Waals surface area contributed by atoms with Crippen LogP contribution in [0.4, 0.5) is 13.2 Å². The van der Waals surface area contributed by atoms with Crippen LogP contribution in [0.25, 0.3) is 0 Å². The van der Waals surface area contributed by atoms with Gasteiger partial charge in [0.1, 0.15) is 0 Å². The molecule has 2 rings (SSSR count). The maximum Gasteiger partial charge on any atom is 0.416 e. The number of hydrogen-bond donors (Lipinski definition) is 1. The van der Waals surface area contributed by atoms with Gasteiger partial charge in [-0.3, -0.25) is 4.79 Å². The van der Waals surface area contributed by atoms with Crippen molar-refractivity contribution >= 4 is 5.91 Å². The molecule has 1 saturated heterocycles. The van der Waals surface area contributed by atoms with Crippen molar-refractivity contribution in [2.24, 2.45) is 0 Å². The summed E-state index contributed by atoms with van der Waals surface area (Å²) >= 11 is 0. The third kappa shape index (κ3) is 3.07. The van der Waals surface area contributed by atoms with E-state index in [1.165, 1.54) is 12.1 Å². The Morgan fingerprint density at radius 3 is 2.42 bits per heavy atom. The van der Waals surface area contributed by atoms with Crippen LogP contribution in [0, 0.1) is 0 Å². The van der Waals surface area contributed by atoms with Gasteiger partial charge < -0.3 is 10.2 Å². The third-order valence-corrected chi connectivity index (χ3v) is 3.34. The lowest BCUT2D eigenvalue weighted by molar-refractivity contribution is -0.137. The number of likely N-dealkylation sites (N-methyl/N-ethyl adjacent to an activating group) is 1. The summed E-state index contributed by atoms with van der Waals surface area (Å²) in [4.78, 5) is 13.7. The molecule has 1 aromatic carbocycles. The molecule has 1 amide bonds. The van der Waals surface area contributed by atoms with Crippen LogP contribution >= 0.6 is 0 Å². The first-order valence-electron chi connectivity index (χ1n) is 6.05. The van der Waals surface area contributed by atoms with Crippen LogP contribution < -0.4 is 5.32 Å². The van der Waals surface area contributed by atoms with Crippen molar-refractivity contribution in [1.29, 1.82) is 0 Å². The fourth-order valence-electron chi connectivity index (χ4n) is 2.16. The van der Waals surface area contributed by atoms with Crippen LogP contribution in [0.15, 0.2) is 24.3 Å². The summed E-state index contributed by atoms with van der Waals surface area (Å²) in [5.41, 5.74) is -0.441. The molecular formula is C13H15F3N2O. The topological polar surface area (TPSA) is 32.3 Å². The van der Waals surface area contributed by atoms with E-state index in [0.29, 0.717) is 18.7 Å². The largest absolute Gasteiger partial charge is 0.416 e. The monoisotopic (exact) mass is 272 g/mol. The summed E-state index contributed by atoms with van der Waals surface area (Å²) in [5, 5.41) is 3.09. The Labute approximate surface area is 109 Å². The van der Waals surface area contributed by atoms with E-state index in [0.717, 1.165) is 18.6 Å². The molecule has 0 radical (unpaired) electrons. The van der Waals surface area contributed by atoms with Gasteiger partial charge in [-0.15, -0.1) is 0 Å². The van der Waals surface area contributed by atoms with E-state index in [2.05, 4.69) is 5.32 Å². The molecule has 0 aromatic heterocycles. The summed E-state index contributed by atoms with van der Waals surface area (Å²) in [6.45, 7) is 1.22. The normalized spacial score (nSPS) is 19.8. The van der Waals surface area contributed by atoms with Gasteiger partial charge in [0, 0.05) is 24.7 Å². The molecule has 0 saturated carbocycles. The molecule has 1 N–H and O–H groups in total. The Morgan fingerprint density at radius 1 is 1.32 bits per heavy atom. The minimum absolute atomic E-state index is 0.216. The average Bonchev–Trinajstić information content (AvgIpc) is 2.86. The lowest BCUT2D eigenvalue weighted by Crippen LogP contribution is -2.33. The van der Waals surface area contributed by atoms with E-state index in [9.17, 15) is 18.0 Å². The quantitative estimate of drug-likeness (QED) is 0.894. The third-order valence-electron chi connectivity index (χ3n) is 3.34. The number of benzene rings is 1. The summed E-state index contributed by atoms with van der Waals surface area (Å²) in [5.74, 6) is -0.216. The molecule has 104 valence electrons. The molecule has 0 spiro atoms. The second-order valence-corrected chi connectivity index (χ2v) is 4.60. The number of likely N-dealkylation sites (tertiary alicyclic amines) is 1. The molecule has 1 aliphatic heterocycles. The first-order chi connectivity index (χ1) is 8.91. The zero-order valence-electron chi connectivity index (χ0n) is 10.5. The van der Waals surface area contributed by atoms with Gasteiger partial charge in [0.2, 0.25) is 0 Å². The molecule has 1 atom stereocenters. The maximum atomic E-state index is 12.4. The van der Waals surface area contributed by atoms with Crippen LogP contribution in [0.1, 0.15) is 22.3 Å². The molecule has 1 fully saturated rings. The van der Waals surface area contributed by atoms with Gasteiger partial charge in [0.15, 0.2) is 0 Å². The minimum atomic E-state index is -4.37. The number of carbonyl (C=O) groups is 1. The highest BCUT2D eigenvalue weighted by Crippen LogP contribution is 2.29. The smallest absolute Gasteiger partial charge is 0.337 e. The highest BCUT2D eigenvalue weighted by Gasteiger charge is 2.31. The van der Waals surface area contributed by atoms with Gasteiger partial charge in [-0.05, 0) is 37.7 Å². The van der Waals surface area contributed by atoms with Crippen molar-refractivity contribution in [2.45, 2.75) is 18.6 Å². The van der Waals surface area contributed by atoms with E-state index in [4.69, 9.17) is 0 Å². The summed E-state index contributed by atoms with van der Waals surface area (Å²) in [7, 11) is 1.83. The Morgan fingerprint density at radius 2 is 1.95 bits per heavy atom. The maximum absolute atomic E-state index is 12.4. The fraction of sp³-hybridized carbons (Fsp3) is 0.462. The lowest BCUT2D eigenvalue weighted by atomic mass is 10.1. The number of amides is 1. The molecule has 0 aliphatic carbocycles. The molecule has 0 bridgehead atoms. The lowest BCUT2D eigenvalue weighted by Gasteiger charge is -2.16. The van der Waals surface area contributed by atoms with Gasteiger partial charge in [-0.25, -0.2) is 0 Å². The van der Waals surface area contributed by atoms with Crippen molar-refractivity contribution in [3.63, 3.8) is 0 Å². The molecule has 1 heterocycles.